The molecule has 5 nitrogen and oxygen atoms in total. The van der Waals surface area contributed by atoms with Crippen LogP contribution in [0, 0.1) is 0 Å². The fraction of sp³-hybridized carbons (Fsp3) is 0.190. The highest BCUT2D eigenvalue weighted by Gasteiger charge is 2.41. The predicted molar refractivity (Wildman–Crippen MR) is 105 cm³/mol. The van der Waals surface area contributed by atoms with Gasteiger partial charge in [-0.2, -0.15) is 16.4 Å². The largest absolute Gasteiger partial charge is 0.504 e. The third-order valence-electron chi connectivity index (χ3n) is 5.04. The van der Waals surface area contributed by atoms with E-state index in [1.807, 2.05) is 30.3 Å². The Bertz CT molecular complexity index is 1020. The van der Waals surface area contributed by atoms with Crippen LogP contribution in [0.2, 0.25) is 0 Å². The van der Waals surface area contributed by atoms with E-state index in [0.29, 0.717) is 5.75 Å². The Morgan fingerprint density at radius 1 is 1.22 bits per heavy atom. The molecule has 2 atom stereocenters. The average Bonchev–Trinajstić information content (AvgIpc) is 3.38. The fourth-order valence-corrected chi connectivity index (χ4v) is 4.37. The SMILES string of the molecule is COc1cc(C2=NN3[C@H](C2)c2ccccc2O[C@H]3c2ccsc2)ccc1O. The lowest BCUT2D eigenvalue weighted by Crippen LogP contribution is -2.33. The second-order valence-electron chi connectivity index (χ2n) is 6.60. The summed E-state index contributed by atoms with van der Waals surface area (Å²) < 4.78 is 11.6. The number of nitrogens with zero attached hydrogens (tertiary/aromatic N) is 2. The van der Waals surface area contributed by atoms with Crippen LogP contribution < -0.4 is 9.47 Å². The summed E-state index contributed by atoms with van der Waals surface area (Å²) in [4.78, 5) is 0. The second-order valence-corrected chi connectivity index (χ2v) is 7.38. The van der Waals surface area contributed by atoms with Gasteiger partial charge < -0.3 is 14.6 Å². The smallest absolute Gasteiger partial charge is 0.214 e. The van der Waals surface area contributed by atoms with Crippen LogP contribution in [0.15, 0.2) is 64.4 Å². The molecule has 5 rings (SSSR count). The molecule has 0 amide bonds. The van der Waals surface area contributed by atoms with E-state index in [2.05, 4.69) is 27.9 Å². The molecular weight excluding hydrogens is 360 g/mol. The van der Waals surface area contributed by atoms with E-state index < -0.39 is 0 Å². The molecule has 3 heterocycles. The van der Waals surface area contributed by atoms with Crippen molar-refractivity contribution in [3.8, 4) is 17.2 Å². The predicted octanol–water partition coefficient (Wildman–Crippen LogP) is 4.70. The summed E-state index contributed by atoms with van der Waals surface area (Å²) in [6.07, 6.45) is 0.530. The summed E-state index contributed by atoms with van der Waals surface area (Å²) in [5, 5.41) is 21.0. The van der Waals surface area contributed by atoms with Crippen molar-refractivity contribution < 1.29 is 14.6 Å². The Hall–Kier alpha value is -2.99. The Kier molecular flexibility index (Phi) is 3.79. The number of hydrazone groups is 1. The maximum Gasteiger partial charge on any atom is 0.214 e. The molecule has 0 radical (unpaired) electrons. The van der Waals surface area contributed by atoms with Crippen LogP contribution in [0.4, 0.5) is 0 Å². The molecule has 0 fully saturated rings. The number of phenolic OH excluding ortho intramolecular Hbond substituents is 1. The van der Waals surface area contributed by atoms with E-state index >= 15 is 0 Å². The maximum atomic E-state index is 9.89. The molecule has 2 aromatic carbocycles. The van der Waals surface area contributed by atoms with Crippen molar-refractivity contribution in [2.75, 3.05) is 7.11 Å². The van der Waals surface area contributed by atoms with Gasteiger partial charge in [-0.05, 0) is 41.1 Å². The molecule has 0 spiro atoms. The number of fused-ring (bicyclic) bond motifs is 3. The van der Waals surface area contributed by atoms with Gasteiger partial charge in [0.2, 0.25) is 6.23 Å². The normalized spacial score (nSPS) is 20.5. The molecule has 0 bridgehead atoms. The van der Waals surface area contributed by atoms with E-state index in [1.54, 1.807) is 24.5 Å². The van der Waals surface area contributed by atoms with Crippen molar-refractivity contribution in [1.82, 2.24) is 5.01 Å². The van der Waals surface area contributed by atoms with Gasteiger partial charge in [-0.1, -0.05) is 18.2 Å². The van der Waals surface area contributed by atoms with Gasteiger partial charge in [0.1, 0.15) is 5.75 Å². The molecule has 0 aliphatic carbocycles. The number of methoxy groups -OCH3 is 1. The molecule has 27 heavy (non-hydrogen) atoms. The summed E-state index contributed by atoms with van der Waals surface area (Å²) in [5.74, 6) is 1.49. The summed E-state index contributed by atoms with van der Waals surface area (Å²) >= 11 is 1.65. The summed E-state index contributed by atoms with van der Waals surface area (Å²) in [5.41, 5.74) is 4.15. The van der Waals surface area contributed by atoms with Gasteiger partial charge in [0, 0.05) is 23.1 Å². The van der Waals surface area contributed by atoms with Crippen molar-refractivity contribution in [2.45, 2.75) is 18.7 Å². The zero-order chi connectivity index (χ0) is 18.4. The van der Waals surface area contributed by atoms with E-state index in [0.717, 1.165) is 34.6 Å². The zero-order valence-corrected chi connectivity index (χ0v) is 15.5. The highest BCUT2D eigenvalue weighted by molar-refractivity contribution is 7.07. The lowest BCUT2D eigenvalue weighted by Gasteiger charge is -2.37. The van der Waals surface area contributed by atoms with Gasteiger partial charge in [0.05, 0.1) is 18.9 Å². The van der Waals surface area contributed by atoms with Crippen molar-refractivity contribution >= 4 is 17.0 Å². The molecule has 0 unspecified atom stereocenters. The Morgan fingerprint density at radius 3 is 2.93 bits per heavy atom. The van der Waals surface area contributed by atoms with E-state index in [4.69, 9.17) is 14.6 Å². The van der Waals surface area contributed by atoms with Gasteiger partial charge in [0.25, 0.3) is 0 Å². The monoisotopic (exact) mass is 378 g/mol. The quantitative estimate of drug-likeness (QED) is 0.717. The number of hydrogen-bond acceptors (Lipinski definition) is 6. The van der Waals surface area contributed by atoms with Crippen LogP contribution in [0.5, 0.6) is 17.2 Å². The third kappa shape index (κ3) is 2.64. The molecule has 1 aromatic heterocycles. The first-order valence-electron chi connectivity index (χ1n) is 8.75. The van der Waals surface area contributed by atoms with E-state index in [1.165, 1.54) is 0 Å². The van der Waals surface area contributed by atoms with Crippen LogP contribution in [0.25, 0.3) is 0 Å². The molecule has 6 heteroatoms. The maximum absolute atomic E-state index is 9.89. The number of benzene rings is 2. The van der Waals surface area contributed by atoms with Crippen LogP contribution >= 0.6 is 11.3 Å². The minimum Gasteiger partial charge on any atom is -0.504 e. The standard InChI is InChI=1S/C21H18N2O3S/c1-25-20-10-13(6-7-18(20)24)16-11-17-15-4-2-3-5-19(15)26-21(23(17)22-16)14-8-9-27-12-14/h2-10,12,17,21,24H,11H2,1H3/t17-,21+/m1/s1. The minimum absolute atomic E-state index is 0.120. The molecule has 136 valence electrons. The van der Waals surface area contributed by atoms with Crippen LogP contribution in [-0.2, 0) is 0 Å². The lowest BCUT2D eigenvalue weighted by atomic mass is 9.96. The Labute approximate surface area is 161 Å². The summed E-state index contributed by atoms with van der Waals surface area (Å²) in [7, 11) is 1.55. The van der Waals surface area contributed by atoms with Gasteiger partial charge >= 0.3 is 0 Å². The number of thiophene rings is 1. The molecule has 0 saturated carbocycles. The molecule has 3 aromatic rings. The van der Waals surface area contributed by atoms with Crippen LogP contribution in [-0.4, -0.2) is 22.9 Å². The topological polar surface area (TPSA) is 54.3 Å². The first-order chi connectivity index (χ1) is 13.2. The average molecular weight is 378 g/mol. The first-order valence-corrected chi connectivity index (χ1v) is 9.70. The molecule has 0 saturated heterocycles. The molecule has 2 aliphatic rings. The van der Waals surface area contributed by atoms with Crippen molar-refractivity contribution in [3.05, 3.63) is 76.0 Å². The van der Waals surface area contributed by atoms with Crippen LogP contribution in [0.1, 0.15) is 35.4 Å². The minimum atomic E-state index is -0.243. The van der Waals surface area contributed by atoms with Gasteiger partial charge in [-0.3, -0.25) is 0 Å². The zero-order valence-electron chi connectivity index (χ0n) is 14.7. The second kappa shape index (κ2) is 6.32. The third-order valence-corrected chi connectivity index (χ3v) is 5.74. The summed E-state index contributed by atoms with van der Waals surface area (Å²) in [6.45, 7) is 0. The number of ether oxygens (including phenoxy) is 2. The summed E-state index contributed by atoms with van der Waals surface area (Å²) in [6, 6.07) is 15.7. The number of rotatable bonds is 3. The number of hydrogen-bond donors (Lipinski definition) is 1. The lowest BCUT2D eigenvalue weighted by molar-refractivity contribution is -0.0187. The van der Waals surface area contributed by atoms with Gasteiger partial charge in [-0.15, -0.1) is 0 Å². The van der Waals surface area contributed by atoms with Crippen molar-refractivity contribution in [3.63, 3.8) is 0 Å². The van der Waals surface area contributed by atoms with Crippen LogP contribution in [0.3, 0.4) is 0 Å². The molecule has 2 aliphatic heterocycles. The molecular formula is C21H18N2O3S. The van der Waals surface area contributed by atoms with E-state index in [-0.39, 0.29) is 18.0 Å². The number of para-hydroxylation sites is 1. The van der Waals surface area contributed by atoms with E-state index in [9.17, 15) is 5.11 Å². The van der Waals surface area contributed by atoms with Crippen molar-refractivity contribution in [2.24, 2.45) is 5.10 Å². The number of aromatic hydroxyl groups is 1. The van der Waals surface area contributed by atoms with Gasteiger partial charge in [0.15, 0.2) is 11.5 Å². The van der Waals surface area contributed by atoms with Crippen molar-refractivity contribution in [1.29, 1.82) is 0 Å². The Morgan fingerprint density at radius 2 is 2.11 bits per heavy atom. The Balaban J connectivity index is 1.58. The highest BCUT2D eigenvalue weighted by atomic mass is 32.1. The first kappa shape index (κ1) is 16.2. The molecule has 1 N–H and O–H groups in total. The highest BCUT2D eigenvalue weighted by Crippen LogP contribution is 2.47. The fourth-order valence-electron chi connectivity index (χ4n) is 3.70. The number of phenols is 1. The van der Waals surface area contributed by atoms with Gasteiger partial charge in [-0.25, -0.2) is 5.01 Å².